The lowest BCUT2D eigenvalue weighted by molar-refractivity contribution is -0.132. The van der Waals surface area contributed by atoms with Crippen molar-refractivity contribution in [2.45, 2.75) is 70.8 Å². The Morgan fingerprint density at radius 1 is 0.900 bits per heavy atom. The normalized spacial score (nSPS) is 13.9. The number of hydroxylamine groups is 2. The predicted molar refractivity (Wildman–Crippen MR) is 164 cm³/mol. The number of benzene rings is 3. The number of nitrogens with one attached hydrogen (secondary N) is 1. The molecule has 0 radical (unpaired) electrons. The Labute approximate surface area is 240 Å². The Bertz CT molecular complexity index is 1170. The van der Waals surface area contributed by atoms with Crippen LogP contribution in [0.1, 0.15) is 47.1 Å². The van der Waals surface area contributed by atoms with Crippen LogP contribution in [0.15, 0.2) is 104 Å². The van der Waals surface area contributed by atoms with Gasteiger partial charge in [0.1, 0.15) is 5.60 Å². The highest BCUT2D eigenvalue weighted by Gasteiger charge is 2.50. The number of nitrogens with zero attached hydrogens (tertiary/aromatic N) is 1. The van der Waals surface area contributed by atoms with Gasteiger partial charge in [0.25, 0.3) is 8.32 Å². The van der Waals surface area contributed by atoms with Crippen molar-refractivity contribution in [3.63, 3.8) is 0 Å². The maximum atomic E-state index is 13.0. The first-order valence-corrected chi connectivity index (χ1v) is 15.6. The van der Waals surface area contributed by atoms with E-state index in [-0.39, 0.29) is 18.2 Å². The molecule has 7 heteroatoms. The van der Waals surface area contributed by atoms with Gasteiger partial charge in [0.05, 0.1) is 18.7 Å². The molecule has 3 aromatic rings. The van der Waals surface area contributed by atoms with Gasteiger partial charge in [0.2, 0.25) is 0 Å². The summed E-state index contributed by atoms with van der Waals surface area (Å²) in [5, 5.41) is 17.4. The summed E-state index contributed by atoms with van der Waals surface area (Å²) < 4.78 is 12.7. The molecule has 2 N–H and O–H groups in total. The van der Waals surface area contributed by atoms with Crippen molar-refractivity contribution < 1.29 is 19.2 Å². The third-order valence-electron chi connectivity index (χ3n) is 6.78. The monoisotopic (exact) mass is 560 g/mol. The summed E-state index contributed by atoms with van der Waals surface area (Å²) in [5.41, 5.74) is 0.251. The van der Waals surface area contributed by atoms with Crippen molar-refractivity contribution in [1.29, 1.82) is 0 Å². The van der Waals surface area contributed by atoms with Crippen LogP contribution in [0.25, 0.3) is 0 Å². The maximum Gasteiger partial charge on any atom is 0.408 e. The first-order chi connectivity index (χ1) is 18.9. The Kier molecular flexibility index (Phi) is 10.5. The fourth-order valence-corrected chi connectivity index (χ4v) is 9.62. The van der Waals surface area contributed by atoms with E-state index in [4.69, 9.17) is 9.16 Å². The van der Waals surface area contributed by atoms with E-state index in [0.717, 1.165) is 15.9 Å². The first kappa shape index (κ1) is 31.3. The first-order valence-electron chi connectivity index (χ1n) is 13.7. The van der Waals surface area contributed by atoms with Crippen molar-refractivity contribution in [2.75, 3.05) is 6.61 Å². The number of amides is 1. The molecule has 0 aromatic heterocycles. The van der Waals surface area contributed by atoms with Gasteiger partial charge in [0, 0.05) is 6.54 Å². The molecule has 40 heavy (non-hydrogen) atoms. The van der Waals surface area contributed by atoms with E-state index in [9.17, 15) is 10.0 Å². The number of alkyl carbamates (subject to hydrolysis) is 1. The summed E-state index contributed by atoms with van der Waals surface area (Å²) in [7, 11) is -2.90. The van der Waals surface area contributed by atoms with E-state index in [1.807, 2.05) is 87.5 Å². The number of carbonyl (C=O) groups is 1. The molecule has 0 aliphatic heterocycles. The second-order valence-corrected chi connectivity index (χ2v) is 16.3. The molecule has 0 fully saturated rings. The minimum absolute atomic E-state index is 0.134. The molecule has 6 nitrogen and oxygen atoms in total. The summed E-state index contributed by atoms with van der Waals surface area (Å²) in [5.74, 6) is 0. The molecule has 0 spiro atoms. The minimum atomic E-state index is -2.90. The van der Waals surface area contributed by atoms with Gasteiger partial charge in [-0.15, -0.1) is 6.58 Å². The SMILES string of the molecule is C=C[C@H]([C@@H](CO[Si](c1ccccc1)(c1ccccc1)C(C)(C)C)NC(=O)OC(C)(C)C)N(O)Cc1ccccc1. The molecular weight excluding hydrogens is 516 g/mol. The summed E-state index contributed by atoms with van der Waals surface area (Å²) in [6.07, 6.45) is 1.06. The molecule has 0 saturated carbocycles. The molecule has 214 valence electrons. The Balaban J connectivity index is 2.03. The molecule has 0 heterocycles. The number of ether oxygens (including phenoxy) is 1. The highest BCUT2D eigenvalue weighted by atomic mass is 28.4. The van der Waals surface area contributed by atoms with Gasteiger partial charge in [-0.2, -0.15) is 5.06 Å². The summed E-state index contributed by atoms with van der Waals surface area (Å²) in [4.78, 5) is 13.0. The number of hydrogen-bond donors (Lipinski definition) is 2. The second kappa shape index (κ2) is 13.4. The van der Waals surface area contributed by atoms with Crippen LogP contribution in [-0.4, -0.2) is 49.0 Å². The van der Waals surface area contributed by atoms with Crippen molar-refractivity contribution in [3.8, 4) is 0 Å². The van der Waals surface area contributed by atoms with Crippen LogP contribution < -0.4 is 15.7 Å². The van der Waals surface area contributed by atoms with E-state index in [2.05, 4.69) is 56.9 Å². The van der Waals surface area contributed by atoms with Gasteiger partial charge >= 0.3 is 6.09 Å². The molecule has 0 saturated heterocycles. The third kappa shape index (κ3) is 7.92. The predicted octanol–water partition coefficient (Wildman–Crippen LogP) is 5.90. The van der Waals surface area contributed by atoms with Gasteiger partial charge in [-0.05, 0) is 41.7 Å². The van der Waals surface area contributed by atoms with Gasteiger partial charge in [0.15, 0.2) is 0 Å². The summed E-state index contributed by atoms with van der Waals surface area (Å²) in [6, 6.07) is 29.0. The molecule has 0 bridgehead atoms. The zero-order chi connectivity index (χ0) is 29.4. The van der Waals surface area contributed by atoms with E-state index in [1.165, 1.54) is 5.06 Å². The maximum absolute atomic E-state index is 13.0. The standard InChI is InChI=1S/C33H44N2O4Si/c1-8-30(35(37)24-26-18-12-9-13-19-26)29(34-31(36)39-32(2,3)4)25-38-40(33(5,6)7,27-20-14-10-15-21-27)28-22-16-11-17-23-28/h8-23,29-30,37H,1,24-25H2,2-7H3,(H,34,36)/t29-,30-/m1/s1. The van der Waals surface area contributed by atoms with Gasteiger partial charge < -0.3 is 19.7 Å². The van der Waals surface area contributed by atoms with E-state index < -0.39 is 32.1 Å². The molecule has 3 rings (SSSR count). The van der Waals surface area contributed by atoms with Crippen LogP contribution in [0, 0.1) is 0 Å². The van der Waals surface area contributed by atoms with Gasteiger partial charge in [-0.1, -0.05) is 118 Å². The van der Waals surface area contributed by atoms with Crippen LogP contribution in [0.5, 0.6) is 0 Å². The van der Waals surface area contributed by atoms with Crippen LogP contribution in [0.3, 0.4) is 0 Å². The highest BCUT2D eigenvalue weighted by Crippen LogP contribution is 2.37. The van der Waals surface area contributed by atoms with Crippen molar-refractivity contribution in [3.05, 3.63) is 109 Å². The zero-order valence-electron chi connectivity index (χ0n) is 24.6. The molecule has 3 aromatic carbocycles. The average molecular weight is 561 g/mol. The second-order valence-electron chi connectivity index (χ2n) is 12.0. The summed E-state index contributed by atoms with van der Waals surface area (Å²) >= 11 is 0. The molecule has 2 atom stereocenters. The lowest BCUT2D eigenvalue weighted by Gasteiger charge is -2.44. The average Bonchev–Trinajstić information content (AvgIpc) is 2.89. The van der Waals surface area contributed by atoms with Gasteiger partial charge in [-0.3, -0.25) is 0 Å². The molecule has 0 aliphatic carbocycles. The molecule has 0 unspecified atom stereocenters. The number of rotatable bonds is 11. The minimum Gasteiger partial charge on any atom is -0.444 e. The Morgan fingerprint density at radius 3 is 1.80 bits per heavy atom. The quantitative estimate of drug-likeness (QED) is 0.174. The van der Waals surface area contributed by atoms with Crippen molar-refractivity contribution >= 4 is 24.8 Å². The number of hydrogen-bond acceptors (Lipinski definition) is 5. The van der Waals surface area contributed by atoms with E-state index >= 15 is 0 Å². The smallest absolute Gasteiger partial charge is 0.408 e. The lowest BCUT2D eigenvalue weighted by atomic mass is 10.1. The van der Waals surface area contributed by atoms with Gasteiger partial charge in [-0.25, -0.2) is 4.79 Å². The third-order valence-corrected chi connectivity index (χ3v) is 11.8. The number of carbonyl (C=O) groups excluding carboxylic acids is 1. The largest absolute Gasteiger partial charge is 0.444 e. The fraction of sp³-hybridized carbons (Fsp3) is 0.364. The lowest BCUT2D eigenvalue weighted by Crippen LogP contribution is -2.68. The van der Waals surface area contributed by atoms with Crippen LogP contribution in [0.4, 0.5) is 4.79 Å². The van der Waals surface area contributed by atoms with Crippen LogP contribution in [0.2, 0.25) is 5.04 Å². The fourth-order valence-electron chi connectivity index (χ4n) is 5.03. The summed E-state index contributed by atoms with van der Waals surface area (Å²) in [6.45, 7) is 16.4. The topological polar surface area (TPSA) is 71.0 Å². The Morgan fingerprint density at radius 2 is 1.38 bits per heavy atom. The highest BCUT2D eigenvalue weighted by molar-refractivity contribution is 6.99. The molecule has 0 aliphatic rings. The Hall–Kier alpha value is -3.23. The molecule has 1 amide bonds. The van der Waals surface area contributed by atoms with Crippen molar-refractivity contribution in [1.82, 2.24) is 10.4 Å². The van der Waals surface area contributed by atoms with E-state index in [0.29, 0.717) is 0 Å². The molecular formula is C33H44N2O4Si. The van der Waals surface area contributed by atoms with E-state index in [1.54, 1.807) is 6.08 Å². The zero-order valence-corrected chi connectivity index (χ0v) is 25.6. The van der Waals surface area contributed by atoms with Crippen LogP contribution in [-0.2, 0) is 15.7 Å². The van der Waals surface area contributed by atoms with Crippen molar-refractivity contribution in [2.24, 2.45) is 0 Å². The van der Waals surface area contributed by atoms with Crippen LogP contribution >= 0.6 is 0 Å².